The summed E-state index contributed by atoms with van der Waals surface area (Å²) in [5.74, 6) is 0.245. The smallest absolute Gasteiger partial charge is 0.429 e. The van der Waals surface area contributed by atoms with Crippen LogP contribution in [0, 0.1) is 0 Å². The first-order valence-corrected chi connectivity index (χ1v) is 12.6. The number of amides is 2. The monoisotopic (exact) mass is 501 g/mol. The quantitative estimate of drug-likeness (QED) is 0.510. The Morgan fingerprint density at radius 3 is 1.68 bits per heavy atom. The molecule has 37 heavy (non-hydrogen) atoms. The topological polar surface area (TPSA) is 82.6 Å². The molecule has 2 unspecified atom stereocenters. The third-order valence-corrected chi connectivity index (χ3v) is 6.84. The Labute approximate surface area is 216 Å². The molecule has 8 heteroatoms. The van der Waals surface area contributed by atoms with E-state index in [-0.39, 0.29) is 31.0 Å². The van der Waals surface area contributed by atoms with E-state index in [9.17, 15) is 14.7 Å². The van der Waals surface area contributed by atoms with E-state index in [1.54, 1.807) is 12.1 Å². The number of phenolic OH excluding ortho intramolecular Hbond substituents is 1. The van der Waals surface area contributed by atoms with Crippen LogP contribution in [0.3, 0.4) is 0 Å². The summed E-state index contributed by atoms with van der Waals surface area (Å²) in [4.78, 5) is 28.8. The zero-order valence-corrected chi connectivity index (χ0v) is 20.6. The molecule has 2 fully saturated rings. The fourth-order valence-electron chi connectivity index (χ4n) is 5.02. The van der Waals surface area contributed by atoms with Gasteiger partial charge in [-0.15, -0.1) is 0 Å². The van der Waals surface area contributed by atoms with Crippen LogP contribution in [0.2, 0.25) is 0 Å². The Balaban J connectivity index is 1.28. The molecule has 0 radical (unpaired) electrons. The number of fused-ring (bicyclic) bond motifs is 2. The van der Waals surface area contributed by atoms with Crippen molar-refractivity contribution in [2.75, 3.05) is 19.6 Å². The van der Waals surface area contributed by atoms with E-state index in [0.29, 0.717) is 19.5 Å². The van der Waals surface area contributed by atoms with Crippen LogP contribution in [0.15, 0.2) is 84.9 Å². The Bertz CT molecular complexity index is 1120. The lowest BCUT2D eigenvalue weighted by molar-refractivity contribution is -0.0199. The molecular weight excluding hydrogens is 470 g/mol. The van der Waals surface area contributed by atoms with Crippen molar-refractivity contribution in [2.45, 2.75) is 38.1 Å². The molecule has 3 aromatic carbocycles. The Morgan fingerprint density at radius 1 is 0.703 bits per heavy atom. The molecule has 2 saturated heterocycles. The largest absolute Gasteiger partial charge is 0.508 e. The summed E-state index contributed by atoms with van der Waals surface area (Å²) in [6.07, 6.45) is 0.384. The molecule has 2 aliphatic heterocycles. The molecule has 8 nitrogen and oxygen atoms in total. The summed E-state index contributed by atoms with van der Waals surface area (Å²) < 4.78 is 11.3. The van der Waals surface area contributed by atoms with Crippen LogP contribution in [-0.4, -0.2) is 63.9 Å². The van der Waals surface area contributed by atoms with Gasteiger partial charge in [-0.3, -0.25) is 4.90 Å². The number of carbonyl (C=O) groups excluding carboxylic acids is 2. The molecule has 1 N–H and O–H groups in total. The lowest BCUT2D eigenvalue weighted by atomic mass is 10.0. The zero-order valence-electron chi connectivity index (χ0n) is 20.6. The third-order valence-electron chi connectivity index (χ3n) is 6.84. The van der Waals surface area contributed by atoms with Gasteiger partial charge in [0.05, 0.1) is 12.1 Å². The second kappa shape index (κ2) is 11.3. The van der Waals surface area contributed by atoms with Crippen molar-refractivity contribution in [3.63, 3.8) is 0 Å². The predicted molar refractivity (Wildman–Crippen MR) is 137 cm³/mol. The number of aromatic hydroxyl groups is 1. The minimum absolute atomic E-state index is 0.130. The summed E-state index contributed by atoms with van der Waals surface area (Å²) >= 11 is 0. The predicted octanol–water partition coefficient (Wildman–Crippen LogP) is 4.58. The molecule has 0 saturated carbocycles. The molecule has 192 valence electrons. The number of hydrazine groups is 1. The summed E-state index contributed by atoms with van der Waals surface area (Å²) in [5, 5.41) is 12.5. The maximum Gasteiger partial charge on any atom is 0.429 e. The van der Waals surface area contributed by atoms with Crippen molar-refractivity contribution in [3.05, 3.63) is 102 Å². The van der Waals surface area contributed by atoms with Crippen molar-refractivity contribution in [2.24, 2.45) is 0 Å². The highest BCUT2D eigenvalue weighted by Crippen LogP contribution is 2.32. The molecule has 2 aliphatic rings. The number of hydrogen-bond acceptors (Lipinski definition) is 6. The van der Waals surface area contributed by atoms with Crippen molar-refractivity contribution < 1.29 is 24.2 Å². The molecule has 3 aromatic rings. The third kappa shape index (κ3) is 6.03. The molecular formula is C29H31N3O5. The van der Waals surface area contributed by atoms with Gasteiger partial charge in [-0.1, -0.05) is 72.8 Å². The van der Waals surface area contributed by atoms with Crippen molar-refractivity contribution >= 4 is 12.2 Å². The van der Waals surface area contributed by atoms with Gasteiger partial charge in [0.25, 0.3) is 0 Å². The van der Waals surface area contributed by atoms with Gasteiger partial charge in [0.15, 0.2) is 0 Å². The lowest BCUT2D eigenvalue weighted by Crippen LogP contribution is -2.50. The summed E-state index contributed by atoms with van der Waals surface area (Å²) in [6, 6.07) is 25.8. The first-order chi connectivity index (χ1) is 18.1. The van der Waals surface area contributed by atoms with E-state index in [0.717, 1.165) is 29.7 Å². The van der Waals surface area contributed by atoms with Gasteiger partial charge < -0.3 is 14.6 Å². The number of carbonyl (C=O) groups is 2. The van der Waals surface area contributed by atoms with Gasteiger partial charge in [-0.05, 0) is 41.7 Å². The average Bonchev–Trinajstić information content (AvgIpc) is 3.20. The van der Waals surface area contributed by atoms with Crippen molar-refractivity contribution in [3.8, 4) is 5.75 Å². The molecule has 0 spiro atoms. The second-order valence-electron chi connectivity index (χ2n) is 9.49. The second-order valence-corrected chi connectivity index (χ2v) is 9.49. The minimum atomic E-state index is -0.548. The summed E-state index contributed by atoms with van der Waals surface area (Å²) in [7, 11) is 0. The number of hydrogen-bond donors (Lipinski definition) is 1. The van der Waals surface area contributed by atoms with E-state index in [2.05, 4.69) is 4.90 Å². The van der Waals surface area contributed by atoms with Gasteiger partial charge in [-0.25, -0.2) is 19.6 Å². The maximum atomic E-state index is 13.3. The molecule has 2 heterocycles. The fraction of sp³-hybridized carbons (Fsp3) is 0.310. The number of nitrogens with zero attached hydrogens (tertiary/aromatic N) is 3. The van der Waals surface area contributed by atoms with E-state index < -0.39 is 12.2 Å². The van der Waals surface area contributed by atoms with Crippen LogP contribution in [0.4, 0.5) is 9.59 Å². The standard InChI is InChI=1S/C29H31N3O5/c33-27-13-11-22(12-14-27)15-16-30-18-25-17-26(19-30)32(29(35)37-21-24-9-5-2-6-10-24)31(25)28(34)36-20-23-7-3-1-4-8-23/h1-14,25-26,33H,15-21H2. The summed E-state index contributed by atoms with van der Waals surface area (Å²) in [5.41, 5.74) is 2.88. The van der Waals surface area contributed by atoms with E-state index >= 15 is 0 Å². The number of ether oxygens (including phenoxy) is 2. The van der Waals surface area contributed by atoms with Gasteiger partial charge in [0.2, 0.25) is 0 Å². The molecule has 2 amide bonds. The Morgan fingerprint density at radius 2 is 1.19 bits per heavy atom. The zero-order chi connectivity index (χ0) is 25.6. The first kappa shape index (κ1) is 24.6. The highest BCUT2D eigenvalue weighted by atomic mass is 16.6. The van der Waals surface area contributed by atoms with E-state index in [4.69, 9.17) is 9.47 Å². The van der Waals surface area contributed by atoms with Crippen molar-refractivity contribution in [1.82, 2.24) is 14.9 Å². The average molecular weight is 502 g/mol. The fourth-order valence-corrected chi connectivity index (χ4v) is 5.02. The molecule has 2 bridgehead atoms. The number of benzene rings is 3. The van der Waals surface area contributed by atoms with Crippen LogP contribution in [0.5, 0.6) is 5.75 Å². The van der Waals surface area contributed by atoms with Crippen LogP contribution in [0.25, 0.3) is 0 Å². The Kier molecular flexibility index (Phi) is 7.56. The van der Waals surface area contributed by atoms with Crippen LogP contribution >= 0.6 is 0 Å². The molecule has 0 aliphatic carbocycles. The number of likely N-dealkylation sites (tertiary alicyclic amines) is 1. The van der Waals surface area contributed by atoms with Crippen molar-refractivity contribution in [1.29, 1.82) is 0 Å². The molecule has 5 rings (SSSR count). The van der Waals surface area contributed by atoms with Crippen LogP contribution < -0.4 is 0 Å². The van der Waals surface area contributed by atoms with E-state index in [1.165, 1.54) is 10.0 Å². The number of rotatable bonds is 7. The normalized spacial score (nSPS) is 19.0. The Hall–Kier alpha value is -4.04. The lowest BCUT2D eigenvalue weighted by Gasteiger charge is -2.30. The van der Waals surface area contributed by atoms with Gasteiger partial charge in [-0.2, -0.15) is 0 Å². The number of phenols is 1. The highest BCUT2D eigenvalue weighted by Gasteiger charge is 2.50. The van der Waals surface area contributed by atoms with Gasteiger partial charge in [0.1, 0.15) is 19.0 Å². The van der Waals surface area contributed by atoms with Gasteiger partial charge in [0, 0.05) is 19.6 Å². The first-order valence-electron chi connectivity index (χ1n) is 12.6. The van der Waals surface area contributed by atoms with E-state index in [1.807, 2.05) is 72.8 Å². The maximum absolute atomic E-state index is 13.3. The van der Waals surface area contributed by atoms with Gasteiger partial charge >= 0.3 is 12.2 Å². The highest BCUT2D eigenvalue weighted by molar-refractivity contribution is 5.76. The number of piperidine rings is 1. The van der Waals surface area contributed by atoms with Crippen LogP contribution in [-0.2, 0) is 29.1 Å². The van der Waals surface area contributed by atoms with Crippen LogP contribution in [0.1, 0.15) is 23.1 Å². The molecule has 0 aromatic heterocycles. The minimum Gasteiger partial charge on any atom is -0.508 e. The summed E-state index contributed by atoms with van der Waals surface area (Å²) in [6.45, 7) is 2.31. The molecule has 2 atom stereocenters. The SMILES string of the molecule is O=C(OCc1ccccc1)N1C2CC(CN(CCc3ccc(O)cc3)C2)N1C(=O)OCc1ccccc1.